The van der Waals surface area contributed by atoms with E-state index in [-0.39, 0.29) is 5.78 Å². The Morgan fingerprint density at radius 2 is 1.43 bits per heavy atom. The van der Waals surface area contributed by atoms with E-state index in [1.807, 2.05) is 18.2 Å². The number of ether oxygens (including phenoxy) is 2. The van der Waals surface area contributed by atoms with Crippen molar-refractivity contribution >= 4 is 5.78 Å². The standard InChI is InChI=1S/C10H14O2.C8H18.C4H10.C3H6O/c1-4-8-6-5-7-9(11-2)10(8)12-3;1-4-5-6-7-8(2)3;1-4(2)3;1-3(2)4/h5-7H,4H2,1-3H3;8H,4-7H2,1-3H3;4H,1-3H3;1-2H3. The molecule has 0 aliphatic rings. The molecule has 3 nitrogen and oxygen atoms in total. The van der Waals surface area contributed by atoms with Crippen LogP contribution in [-0.2, 0) is 11.2 Å². The van der Waals surface area contributed by atoms with E-state index < -0.39 is 0 Å². The Bertz CT molecular complexity index is 436. The second kappa shape index (κ2) is 21.8. The molecule has 1 aromatic rings. The van der Waals surface area contributed by atoms with Gasteiger partial charge in [0.1, 0.15) is 5.78 Å². The first kappa shape index (κ1) is 31.2. The lowest BCUT2D eigenvalue weighted by molar-refractivity contribution is -0.114. The number of methoxy groups -OCH3 is 2. The van der Waals surface area contributed by atoms with E-state index in [9.17, 15) is 4.79 Å². The predicted octanol–water partition coefficient (Wildman–Crippen LogP) is 7.75. The average molecular weight is 397 g/mol. The number of para-hydroxylation sites is 1. The topological polar surface area (TPSA) is 35.5 Å². The molecule has 0 aliphatic heterocycles. The van der Waals surface area contributed by atoms with Gasteiger partial charge in [0.05, 0.1) is 14.2 Å². The SMILES string of the molecule is CC(C)=O.CC(C)C.CCCCCC(C)C.CCc1cccc(OC)c1OC. The van der Waals surface area contributed by atoms with Gasteiger partial charge in [0.25, 0.3) is 0 Å². The normalized spacial score (nSPS) is 9.32. The number of carbonyl (C=O) groups excluding carboxylic acids is 1. The van der Waals surface area contributed by atoms with Crippen LogP contribution >= 0.6 is 0 Å². The van der Waals surface area contributed by atoms with Gasteiger partial charge < -0.3 is 14.3 Å². The van der Waals surface area contributed by atoms with Gasteiger partial charge in [0.2, 0.25) is 0 Å². The highest BCUT2D eigenvalue weighted by molar-refractivity contribution is 5.72. The molecule has 0 heterocycles. The summed E-state index contributed by atoms with van der Waals surface area (Å²) < 4.78 is 10.4. The summed E-state index contributed by atoms with van der Waals surface area (Å²) in [4.78, 5) is 9.44. The molecule has 3 heteroatoms. The second-order valence-corrected chi connectivity index (χ2v) is 8.04. The molecule has 0 spiro atoms. The molecule has 0 bridgehead atoms. The molecule has 28 heavy (non-hydrogen) atoms. The minimum atomic E-state index is 0.167. The summed E-state index contributed by atoms with van der Waals surface area (Å²) in [6.07, 6.45) is 6.56. The van der Waals surface area contributed by atoms with Crippen LogP contribution in [0.3, 0.4) is 0 Å². The predicted molar refractivity (Wildman–Crippen MR) is 125 cm³/mol. The number of hydrogen-bond donors (Lipinski definition) is 0. The van der Waals surface area contributed by atoms with Crippen LogP contribution in [0.25, 0.3) is 0 Å². The zero-order chi connectivity index (χ0) is 22.5. The van der Waals surface area contributed by atoms with Crippen molar-refractivity contribution in [2.75, 3.05) is 14.2 Å². The molecule has 0 saturated heterocycles. The van der Waals surface area contributed by atoms with E-state index in [0.29, 0.717) is 0 Å². The van der Waals surface area contributed by atoms with Gasteiger partial charge in [-0.05, 0) is 43.7 Å². The van der Waals surface area contributed by atoms with Crippen LogP contribution in [0.2, 0.25) is 0 Å². The lowest BCUT2D eigenvalue weighted by Crippen LogP contribution is -1.94. The van der Waals surface area contributed by atoms with Crippen LogP contribution in [0.4, 0.5) is 0 Å². The van der Waals surface area contributed by atoms with Crippen LogP contribution in [0.15, 0.2) is 18.2 Å². The number of hydrogen-bond acceptors (Lipinski definition) is 3. The van der Waals surface area contributed by atoms with E-state index in [1.54, 1.807) is 14.2 Å². The number of ketones is 1. The minimum absolute atomic E-state index is 0.167. The van der Waals surface area contributed by atoms with Crippen molar-refractivity contribution in [1.29, 1.82) is 0 Å². The summed E-state index contributed by atoms with van der Waals surface area (Å²) >= 11 is 0. The van der Waals surface area contributed by atoms with E-state index in [4.69, 9.17) is 9.47 Å². The maximum absolute atomic E-state index is 9.44. The van der Waals surface area contributed by atoms with Crippen LogP contribution in [0.1, 0.15) is 93.6 Å². The fraction of sp³-hybridized carbons (Fsp3) is 0.720. The van der Waals surface area contributed by atoms with Gasteiger partial charge in [-0.3, -0.25) is 0 Å². The molecule has 1 rings (SSSR count). The molecular formula is C25H48O3. The van der Waals surface area contributed by atoms with Gasteiger partial charge in [-0.25, -0.2) is 0 Å². The lowest BCUT2D eigenvalue weighted by Gasteiger charge is -2.10. The van der Waals surface area contributed by atoms with Crippen molar-refractivity contribution in [3.8, 4) is 11.5 Å². The van der Waals surface area contributed by atoms with E-state index >= 15 is 0 Å². The van der Waals surface area contributed by atoms with Gasteiger partial charge in [-0.15, -0.1) is 0 Å². The molecular weight excluding hydrogens is 348 g/mol. The Kier molecular flexibility index (Phi) is 24.3. The maximum atomic E-state index is 9.44. The fourth-order valence-corrected chi connectivity index (χ4v) is 2.03. The number of aryl methyl sites for hydroxylation is 1. The molecule has 166 valence electrons. The number of rotatable bonds is 7. The molecule has 0 aliphatic carbocycles. The smallest absolute Gasteiger partial charge is 0.163 e. The zero-order valence-corrected chi connectivity index (χ0v) is 20.6. The summed E-state index contributed by atoms with van der Waals surface area (Å²) in [7, 11) is 3.31. The van der Waals surface area contributed by atoms with E-state index in [1.165, 1.54) is 45.1 Å². The summed E-state index contributed by atoms with van der Waals surface area (Å²) in [6, 6.07) is 5.92. The fourth-order valence-electron chi connectivity index (χ4n) is 2.03. The van der Waals surface area contributed by atoms with E-state index in [2.05, 4.69) is 48.5 Å². The van der Waals surface area contributed by atoms with Crippen molar-refractivity contribution in [1.82, 2.24) is 0 Å². The van der Waals surface area contributed by atoms with Crippen LogP contribution < -0.4 is 9.47 Å². The van der Waals surface area contributed by atoms with Gasteiger partial charge >= 0.3 is 0 Å². The molecule has 0 atom stereocenters. The monoisotopic (exact) mass is 396 g/mol. The Labute approximate surface area is 176 Å². The summed E-state index contributed by atoms with van der Waals surface area (Å²) in [5, 5.41) is 0. The summed E-state index contributed by atoms with van der Waals surface area (Å²) in [5.41, 5.74) is 1.18. The minimum Gasteiger partial charge on any atom is -0.493 e. The van der Waals surface area contributed by atoms with Crippen molar-refractivity contribution in [2.45, 2.75) is 94.4 Å². The third kappa shape index (κ3) is 24.5. The largest absolute Gasteiger partial charge is 0.493 e. The molecule has 0 aromatic heterocycles. The van der Waals surface area contributed by atoms with Gasteiger partial charge in [0, 0.05) is 0 Å². The maximum Gasteiger partial charge on any atom is 0.163 e. The number of carbonyl (C=O) groups is 1. The third-order valence-electron chi connectivity index (χ3n) is 3.25. The van der Waals surface area contributed by atoms with Crippen LogP contribution in [0.5, 0.6) is 11.5 Å². The zero-order valence-electron chi connectivity index (χ0n) is 20.6. The highest BCUT2D eigenvalue weighted by Gasteiger charge is 2.06. The highest BCUT2D eigenvalue weighted by atomic mass is 16.5. The van der Waals surface area contributed by atoms with Gasteiger partial charge in [0.15, 0.2) is 11.5 Å². The van der Waals surface area contributed by atoms with Crippen molar-refractivity contribution in [3.05, 3.63) is 23.8 Å². The number of unbranched alkanes of at least 4 members (excludes halogenated alkanes) is 2. The first-order chi connectivity index (χ1) is 13.1. The van der Waals surface area contributed by atoms with Crippen molar-refractivity contribution in [2.24, 2.45) is 11.8 Å². The lowest BCUT2D eigenvalue weighted by atomic mass is 10.1. The Balaban J connectivity index is -0.000000337. The summed E-state index contributed by atoms with van der Waals surface area (Å²) in [6.45, 7) is 18.5. The molecule has 0 N–H and O–H groups in total. The Hall–Kier alpha value is -1.51. The molecule has 0 fully saturated rings. The first-order valence-corrected chi connectivity index (χ1v) is 10.7. The third-order valence-corrected chi connectivity index (χ3v) is 3.25. The quantitative estimate of drug-likeness (QED) is 0.442. The summed E-state index contributed by atoms with van der Waals surface area (Å²) in [5.74, 6) is 3.56. The van der Waals surface area contributed by atoms with Crippen LogP contribution in [0, 0.1) is 11.8 Å². The van der Waals surface area contributed by atoms with Gasteiger partial charge in [-0.2, -0.15) is 0 Å². The molecule has 0 amide bonds. The molecule has 0 unspecified atom stereocenters. The van der Waals surface area contributed by atoms with Gasteiger partial charge in [-0.1, -0.05) is 86.3 Å². The second-order valence-electron chi connectivity index (χ2n) is 8.04. The Morgan fingerprint density at radius 1 is 0.929 bits per heavy atom. The molecule has 0 radical (unpaired) electrons. The first-order valence-electron chi connectivity index (χ1n) is 10.7. The van der Waals surface area contributed by atoms with Crippen molar-refractivity contribution in [3.63, 3.8) is 0 Å². The van der Waals surface area contributed by atoms with Crippen molar-refractivity contribution < 1.29 is 14.3 Å². The molecule has 1 aromatic carbocycles. The van der Waals surface area contributed by atoms with E-state index in [0.717, 1.165) is 29.8 Å². The highest BCUT2D eigenvalue weighted by Crippen LogP contribution is 2.30. The average Bonchev–Trinajstić information content (AvgIpc) is 2.60. The Morgan fingerprint density at radius 3 is 1.75 bits per heavy atom. The number of Topliss-reactive ketones (excluding diaryl/α,β-unsaturated/α-hetero) is 1. The molecule has 0 saturated carbocycles. The number of benzene rings is 1. The van der Waals surface area contributed by atoms with Crippen LogP contribution in [-0.4, -0.2) is 20.0 Å².